The van der Waals surface area contributed by atoms with Crippen LogP contribution in [0.2, 0.25) is 0 Å². The van der Waals surface area contributed by atoms with Gasteiger partial charge in [0.1, 0.15) is 5.82 Å². The molecule has 1 amide bonds. The van der Waals surface area contributed by atoms with E-state index in [1.807, 2.05) is 12.1 Å². The third kappa shape index (κ3) is 5.23. The maximum atomic E-state index is 12.9. The van der Waals surface area contributed by atoms with Gasteiger partial charge in [0.15, 0.2) is 9.84 Å². The number of halogens is 2. The van der Waals surface area contributed by atoms with Crippen LogP contribution >= 0.6 is 15.9 Å². The Bertz CT molecular complexity index is 1080. The number of hydrogen-bond acceptors (Lipinski definition) is 6. The molecule has 0 aliphatic rings. The number of aromatic nitrogens is 2. The molecule has 28 heavy (non-hydrogen) atoms. The highest BCUT2D eigenvalue weighted by Gasteiger charge is 2.16. The second-order valence-electron chi connectivity index (χ2n) is 5.85. The molecule has 0 bridgehead atoms. The minimum Gasteiger partial charge on any atom is -0.403 e. The number of carbonyl (C=O) groups excluding carboxylic acids is 1. The highest BCUT2D eigenvalue weighted by Crippen LogP contribution is 2.23. The van der Waals surface area contributed by atoms with Crippen LogP contribution in [-0.4, -0.2) is 30.3 Å². The normalized spacial score (nSPS) is 11.4. The van der Waals surface area contributed by atoms with Crippen LogP contribution in [0.4, 0.5) is 10.4 Å². The number of anilines is 1. The molecule has 7 nitrogen and oxygen atoms in total. The van der Waals surface area contributed by atoms with E-state index < -0.39 is 21.6 Å². The molecule has 0 atom stereocenters. The molecule has 1 aromatic heterocycles. The van der Waals surface area contributed by atoms with Crippen molar-refractivity contribution in [2.45, 2.75) is 17.7 Å². The molecule has 0 aliphatic heterocycles. The zero-order valence-corrected chi connectivity index (χ0v) is 16.8. The van der Waals surface area contributed by atoms with E-state index in [0.29, 0.717) is 5.56 Å². The average molecular weight is 468 g/mol. The Morgan fingerprint density at radius 2 is 1.89 bits per heavy atom. The summed E-state index contributed by atoms with van der Waals surface area (Å²) < 4.78 is 43.5. The summed E-state index contributed by atoms with van der Waals surface area (Å²) in [4.78, 5) is 12.0. The van der Waals surface area contributed by atoms with Gasteiger partial charge in [-0.15, -0.1) is 5.10 Å². The summed E-state index contributed by atoms with van der Waals surface area (Å²) in [5.74, 6) is -0.950. The number of carbonyl (C=O) groups is 1. The number of benzene rings is 2. The number of hydrogen-bond donors (Lipinski definition) is 1. The van der Waals surface area contributed by atoms with E-state index in [1.54, 1.807) is 12.1 Å². The van der Waals surface area contributed by atoms with Gasteiger partial charge in [-0.2, -0.15) is 0 Å². The summed E-state index contributed by atoms with van der Waals surface area (Å²) >= 11 is 3.34. The van der Waals surface area contributed by atoms with Crippen molar-refractivity contribution < 1.29 is 22.0 Å². The molecule has 0 saturated heterocycles. The fourth-order valence-corrected chi connectivity index (χ4v) is 4.09. The van der Waals surface area contributed by atoms with Gasteiger partial charge in [-0.05, 0) is 48.9 Å². The van der Waals surface area contributed by atoms with Crippen LogP contribution in [0, 0.1) is 5.82 Å². The minimum atomic E-state index is -3.58. The van der Waals surface area contributed by atoms with Gasteiger partial charge in [-0.1, -0.05) is 27.1 Å². The number of nitrogens with one attached hydrogen (secondary N) is 1. The predicted octanol–water partition coefficient (Wildman–Crippen LogP) is 3.83. The largest absolute Gasteiger partial charge is 0.403 e. The van der Waals surface area contributed by atoms with E-state index in [9.17, 15) is 17.6 Å². The van der Waals surface area contributed by atoms with Crippen molar-refractivity contribution in [2.75, 3.05) is 11.1 Å². The van der Waals surface area contributed by atoms with E-state index in [-0.39, 0.29) is 35.4 Å². The van der Waals surface area contributed by atoms with E-state index >= 15 is 0 Å². The first-order valence-electron chi connectivity index (χ1n) is 8.21. The molecular formula is C18H15BrFN3O4S. The Kier molecular flexibility index (Phi) is 6.20. The van der Waals surface area contributed by atoms with Gasteiger partial charge in [0.05, 0.1) is 10.6 Å². The smallest absolute Gasteiger partial charge is 0.322 e. The van der Waals surface area contributed by atoms with Crippen molar-refractivity contribution in [2.24, 2.45) is 0 Å². The molecule has 0 unspecified atom stereocenters. The monoisotopic (exact) mass is 467 g/mol. The standard InChI is InChI=1S/C18H15BrFN3O4S/c19-13-4-1-3-12(11-13)17-22-23-18(27-17)21-16(24)5-2-10-28(25,26)15-8-6-14(20)7-9-15/h1,3-4,6-9,11H,2,5,10H2,(H,21,23,24). The molecule has 1 heterocycles. The second kappa shape index (κ2) is 8.61. The average Bonchev–Trinajstić information content (AvgIpc) is 3.10. The van der Waals surface area contributed by atoms with Crippen molar-refractivity contribution in [3.8, 4) is 11.5 Å². The van der Waals surface area contributed by atoms with Crippen LogP contribution in [0.5, 0.6) is 0 Å². The SMILES string of the molecule is O=C(CCCS(=O)(=O)c1ccc(F)cc1)Nc1nnc(-c2cccc(Br)c2)o1. The van der Waals surface area contributed by atoms with Crippen molar-refractivity contribution in [1.29, 1.82) is 0 Å². The molecule has 146 valence electrons. The predicted molar refractivity (Wildman–Crippen MR) is 104 cm³/mol. The number of amides is 1. The zero-order chi connectivity index (χ0) is 20.1. The highest BCUT2D eigenvalue weighted by atomic mass is 79.9. The Balaban J connectivity index is 1.53. The highest BCUT2D eigenvalue weighted by molar-refractivity contribution is 9.10. The third-order valence-corrected chi connectivity index (χ3v) is 6.04. The van der Waals surface area contributed by atoms with Gasteiger partial charge in [-0.3, -0.25) is 10.1 Å². The summed E-state index contributed by atoms with van der Waals surface area (Å²) in [6.45, 7) is 0. The lowest BCUT2D eigenvalue weighted by Gasteiger charge is -2.04. The van der Waals surface area contributed by atoms with Crippen molar-refractivity contribution >= 4 is 37.7 Å². The van der Waals surface area contributed by atoms with E-state index in [0.717, 1.165) is 16.6 Å². The van der Waals surface area contributed by atoms with E-state index in [1.165, 1.54) is 12.1 Å². The van der Waals surface area contributed by atoms with Gasteiger partial charge in [0.2, 0.25) is 11.8 Å². The first-order chi connectivity index (χ1) is 13.3. The molecule has 1 N–H and O–H groups in total. The zero-order valence-electron chi connectivity index (χ0n) is 14.4. The summed E-state index contributed by atoms with van der Waals surface area (Å²) in [6.07, 6.45) is 0.0488. The molecule has 0 saturated carbocycles. The molecule has 2 aromatic carbocycles. The van der Waals surface area contributed by atoms with E-state index in [2.05, 4.69) is 31.4 Å². The lowest BCUT2D eigenvalue weighted by molar-refractivity contribution is -0.116. The Morgan fingerprint density at radius 1 is 1.14 bits per heavy atom. The summed E-state index contributed by atoms with van der Waals surface area (Å²) in [6, 6.07) is 11.7. The van der Waals surface area contributed by atoms with Crippen LogP contribution in [0.15, 0.2) is 62.3 Å². The number of nitrogens with zero attached hydrogens (tertiary/aromatic N) is 2. The Morgan fingerprint density at radius 3 is 2.61 bits per heavy atom. The molecule has 0 fully saturated rings. The maximum Gasteiger partial charge on any atom is 0.322 e. The molecule has 3 rings (SSSR count). The molecule has 3 aromatic rings. The Hall–Kier alpha value is -2.59. The van der Waals surface area contributed by atoms with Crippen LogP contribution in [-0.2, 0) is 14.6 Å². The van der Waals surface area contributed by atoms with Gasteiger partial charge >= 0.3 is 6.01 Å². The molecule has 0 spiro atoms. The molecule has 0 aliphatic carbocycles. The topological polar surface area (TPSA) is 102 Å². The van der Waals surface area contributed by atoms with Gasteiger partial charge in [0, 0.05) is 16.5 Å². The maximum absolute atomic E-state index is 12.9. The lowest BCUT2D eigenvalue weighted by atomic mass is 10.2. The van der Waals surface area contributed by atoms with Crippen molar-refractivity contribution in [3.05, 3.63) is 58.8 Å². The molecule has 0 radical (unpaired) electrons. The van der Waals surface area contributed by atoms with Crippen molar-refractivity contribution in [3.63, 3.8) is 0 Å². The van der Waals surface area contributed by atoms with Crippen LogP contribution < -0.4 is 5.32 Å². The van der Waals surface area contributed by atoms with Crippen LogP contribution in [0.1, 0.15) is 12.8 Å². The number of rotatable bonds is 7. The summed E-state index contributed by atoms with van der Waals surface area (Å²) in [5.41, 5.74) is 0.688. The van der Waals surface area contributed by atoms with E-state index in [4.69, 9.17) is 4.42 Å². The first kappa shape index (κ1) is 20.2. The number of sulfone groups is 1. The lowest BCUT2D eigenvalue weighted by Crippen LogP contribution is -2.14. The van der Waals surface area contributed by atoms with Gasteiger partial charge in [-0.25, -0.2) is 12.8 Å². The van der Waals surface area contributed by atoms with Gasteiger partial charge in [0.25, 0.3) is 0 Å². The first-order valence-corrected chi connectivity index (χ1v) is 10.7. The second-order valence-corrected chi connectivity index (χ2v) is 8.87. The molecular weight excluding hydrogens is 453 g/mol. The molecule has 10 heteroatoms. The van der Waals surface area contributed by atoms with Gasteiger partial charge < -0.3 is 4.42 Å². The fraction of sp³-hybridized carbons (Fsp3) is 0.167. The van der Waals surface area contributed by atoms with Crippen molar-refractivity contribution in [1.82, 2.24) is 10.2 Å². The van der Waals surface area contributed by atoms with Crippen LogP contribution in [0.25, 0.3) is 11.5 Å². The Labute approximate surface area is 169 Å². The third-order valence-electron chi connectivity index (χ3n) is 3.73. The summed E-state index contributed by atoms with van der Waals surface area (Å²) in [5, 5.41) is 10.1. The summed E-state index contributed by atoms with van der Waals surface area (Å²) in [7, 11) is -3.58. The van der Waals surface area contributed by atoms with Crippen LogP contribution in [0.3, 0.4) is 0 Å². The fourth-order valence-electron chi connectivity index (χ4n) is 2.38. The minimum absolute atomic E-state index is 0.0184. The quantitative estimate of drug-likeness (QED) is 0.529.